The van der Waals surface area contributed by atoms with Gasteiger partial charge in [-0.15, -0.1) is 0 Å². The van der Waals surface area contributed by atoms with Crippen molar-refractivity contribution < 1.29 is 41.1 Å². The molecule has 0 saturated carbocycles. The maximum atomic E-state index is 14.1. The van der Waals surface area contributed by atoms with Crippen LogP contribution in [0.1, 0.15) is 32.8 Å². The number of piperidine rings is 1. The van der Waals surface area contributed by atoms with E-state index in [1.807, 2.05) is 0 Å². The van der Waals surface area contributed by atoms with Gasteiger partial charge in [-0.3, -0.25) is 14.4 Å². The van der Waals surface area contributed by atoms with Crippen molar-refractivity contribution in [3.8, 4) is 0 Å². The van der Waals surface area contributed by atoms with Crippen molar-refractivity contribution in [2.24, 2.45) is 16.3 Å². The van der Waals surface area contributed by atoms with E-state index in [-0.39, 0.29) is 37.4 Å². The topological polar surface area (TPSA) is 129 Å². The standard InChI is InChI=1S/C28H33F5N6O4/c1-16(28(31,32)33)39-25(42)27(21-6-4-5-10-35-21)15-38(11-9-22(27)37-39)23(40)20(36-24(41)26(2,3)34)14-43-13-17-7-8-18(29)12-19(17)30/h4-8,10,12,16,20-21,35H,9,11,13-15,34H2,1-3H3,(H,36,41)/t16-,20?,21+,27?/m1/s1. The summed E-state index contributed by atoms with van der Waals surface area (Å²) in [6.45, 7) is 2.51. The van der Waals surface area contributed by atoms with Crippen LogP contribution in [0.5, 0.6) is 0 Å². The van der Waals surface area contributed by atoms with E-state index in [0.717, 1.165) is 13.0 Å². The smallest absolute Gasteiger partial charge is 0.383 e. The number of carbonyl (C=O) groups excluding carboxylic acids is 3. The van der Waals surface area contributed by atoms with Crippen LogP contribution in [-0.4, -0.2) is 82.9 Å². The van der Waals surface area contributed by atoms with Crippen molar-refractivity contribution in [2.75, 3.05) is 19.7 Å². The second-order valence-electron chi connectivity index (χ2n) is 11.3. The lowest BCUT2D eigenvalue weighted by Crippen LogP contribution is -2.65. The number of hydrogen-bond acceptors (Lipinski definition) is 7. The van der Waals surface area contributed by atoms with Crippen LogP contribution in [0, 0.1) is 17.0 Å². The fourth-order valence-electron chi connectivity index (χ4n) is 5.06. The van der Waals surface area contributed by atoms with Gasteiger partial charge in [0.2, 0.25) is 11.8 Å². The summed E-state index contributed by atoms with van der Waals surface area (Å²) in [6.07, 6.45) is 1.67. The SMILES string of the molecule is C[C@@H](N1N=C2CCN(C(=O)C(COCc3ccc(F)cc3F)NC(=O)C(C)(C)N)CC2([C@@H]2C=CC=CN2)C1=O)C(F)(F)F. The van der Waals surface area contributed by atoms with Crippen LogP contribution < -0.4 is 16.4 Å². The van der Waals surface area contributed by atoms with Crippen LogP contribution in [0.4, 0.5) is 22.0 Å². The minimum atomic E-state index is -4.74. The highest BCUT2D eigenvalue weighted by Crippen LogP contribution is 2.42. The maximum Gasteiger partial charge on any atom is 0.410 e. The second-order valence-corrected chi connectivity index (χ2v) is 11.3. The molecule has 1 saturated heterocycles. The summed E-state index contributed by atoms with van der Waals surface area (Å²) < 4.78 is 73.9. The summed E-state index contributed by atoms with van der Waals surface area (Å²) in [5.41, 5.74) is 3.05. The first-order valence-electron chi connectivity index (χ1n) is 13.5. The number of nitrogens with two attached hydrogens (primary N) is 1. The predicted octanol–water partition coefficient (Wildman–Crippen LogP) is 2.11. The quantitative estimate of drug-likeness (QED) is 0.367. The Morgan fingerprint density at radius 2 is 1.98 bits per heavy atom. The Balaban J connectivity index is 1.60. The lowest BCUT2D eigenvalue weighted by Gasteiger charge is -2.44. The number of ether oxygens (including phenoxy) is 1. The fraction of sp³-hybridized carbons (Fsp3) is 0.500. The molecule has 15 heteroatoms. The Labute approximate surface area is 244 Å². The van der Waals surface area contributed by atoms with E-state index in [9.17, 15) is 36.3 Å². The van der Waals surface area contributed by atoms with Gasteiger partial charge in [-0.05, 0) is 39.1 Å². The van der Waals surface area contributed by atoms with Crippen molar-refractivity contribution in [1.29, 1.82) is 0 Å². The molecule has 4 rings (SSSR count). The number of benzene rings is 1. The number of nitrogens with one attached hydrogen (secondary N) is 2. The van der Waals surface area contributed by atoms with Crippen LogP contribution in [-0.2, 0) is 25.7 Å². The zero-order chi connectivity index (χ0) is 31.7. The normalized spacial score (nSPS) is 23.4. The number of hydrogen-bond donors (Lipinski definition) is 3. The fourth-order valence-corrected chi connectivity index (χ4v) is 5.06. The van der Waals surface area contributed by atoms with E-state index >= 15 is 0 Å². The molecular weight excluding hydrogens is 579 g/mol. The minimum absolute atomic E-state index is 0.00880. The first-order chi connectivity index (χ1) is 20.1. The van der Waals surface area contributed by atoms with Crippen LogP contribution in [0.15, 0.2) is 47.7 Å². The van der Waals surface area contributed by atoms with Gasteiger partial charge in [-0.2, -0.15) is 18.3 Å². The van der Waals surface area contributed by atoms with E-state index < -0.39 is 71.2 Å². The van der Waals surface area contributed by atoms with Gasteiger partial charge < -0.3 is 26.0 Å². The molecule has 0 spiro atoms. The Morgan fingerprint density at radius 3 is 2.58 bits per heavy atom. The molecule has 234 valence electrons. The van der Waals surface area contributed by atoms with E-state index in [2.05, 4.69) is 15.7 Å². The van der Waals surface area contributed by atoms with E-state index in [0.29, 0.717) is 11.1 Å². The van der Waals surface area contributed by atoms with Gasteiger partial charge in [0.25, 0.3) is 5.91 Å². The van der Waals surface area contributed by atoms with Crippen LogP contribution in [0.25, 0.3) is 0 Å². The lowest BCUT2D eigenvalue weighted by atomic mass is 9.71. The summed E-state index contributed by atoms with van der Waals surface area (Å²) in [5.74, 6) is -3.97. The molecule has 3 aliphatic rings. The Bertz CT molecular complexity index is 1360. The highest BCUT2D eigenvalue weighted by Gasteiger charge is 2.61. The summed E-state index contributed by atoms with van der Waals surface area (Å²) in [7, 11) is 0. The maximum absolute atomic E-state index is 14.1. The number of amides is 3. The molecule has 0 aromatic heterocycles. The number of likely N-dealkylation sites (tertiary alicyclic amines) is 1. The van der Waals surface area contributed by atoms with Crippen LogP contribution in [0.2, 0.25) is 0 Å². The molecule has 1 aromatic carbocycles. The first kappa shape index (κ1) is 32.1. The summed E-state index contributed by atoms with van der Waals surface area (Å²) >= 11 is 0. The molecule has 1 aromatic rings. The van der Waals surface area contributed by atoms with Gasteiger partial charge in [0.15, 0.2) is 0 Å². The monoisotopic (exact) mass is 612 g/mol. The van der Waals surface area contributed by atoms with Gasteiger partial charge >= 0.3 is 6.18 Å². The zero-order valence-electron chi connectivity index (χ0n) is 23.8. The van der Waals surface area contributed by atoms with Crippen molar-refractivity contribution in [1.82, 2.24) is 20.5 Å². The van der Waals surface area contributed by atoms with Crippen molar-refractivity contribution in [3.05, 3.63) is 59.8 Å². The van der Waals surface area contributed by atoms with Gasteiger partial charge in [0.05, 0.1) is 30.5 Å². The largest absolute Gasteiger partial charge is 0.410 e. The number of allylic oxidation sites excluding steroid dienone is 2. The molecule has 0 radical (unpaired) electrons. The molecule has 3 heterocycles. The number of alkyl halides is 3. The zero-order valence-corrected chi connectivity index (χ0v) is 23.8. The average molecular weight is 613 g/mol. The van der Waals surface area contributed by atoms with Gasteiger partial charge in [-0.25, -0.2) is 13.8 Å². The molecule has 3 aliphatic heterocycles. The molecule has 10 nitrogen and oxygen atoms in total. The number of dihydropyridines is 1. The first-order valence-corrected chi connectivity index (χ1v) is 13.5. The second kappa shape index (κ2) is 12.0. The van der Waals surface area contributed by atoms with E-state index in [1.165, 1.54) is 31.0 Å². The number of halogens is 5. The van der Waals surface area contributed by atoms with Crippen LogP contribution >= 0.6 is 0 Å². The third kappa shape index (κ3) is 6.56. The van der Waals surface area contributed by atoms with Gasteiger partial charge in [-0.1, -0.05) is 18.2 Å². The molecule has 1 fully saturated rings. The lowest BCUT2D eigenvalue weighted by molar-refractivity contribution is -0.187. The molecule has 3 amide bonds. The number of fused-ring (bicyclic) bond motifs is 1. The third-order valence-corrected chi connectivity index (χ3v) is 7.61. The van der Waals surface area contributed by atoms with Crippen molar-refractivity contribution in [2.45, 2.75) is 63.6 Å². The highest BCUT2D eigenvalue weighted by atomic mass is 19.4. The van der Waals surface area contributed by atoms with Crippen molar-refractivity contribution >= 4 is 23.4 Å². The third-order valence-electron chi connectivity index (χ3n) is 7.61. The highest BCUT2D eigenvalue weighted by molar-refractivity contribution is 6.14. The number of carbonyl (C=O) groups is 3. The summed E-state index contributed by atoms with van der Waals surface area (Å²) in [4.78, 5) is 41.7. The number of hydrazone groups is 1. The number of nitrogens with zero attached hydrogens (tertiary/aromatic N) is 3. The number of rotatable bonds is 9. The Morgan fingerprint density at radius 1 is 1.26 bits per heavy atom. The Hall–Kier alpha value is -3.85. The predicted molar refractivity (Wildman–Crippen MR) is 145 cm³/mol. The van der Waals surface area contributed by atoms with Gasteiger partial charge in [0, 0.05) is 31.1 Å². The van der Waals surface area contributed by atoms with Gasteiger partial charge in [0.1, 0.15) is 29.1 Å². The molecule has 4 atom stereocenters. The minimum Gasteiger partial charge on any atom is -0.383 e. The molecule has 2 unspecified atom stereocenters. The molecule has 0 bridgehead atoms. The molecule has 4 N–H and O–H groups in total. The molecule has 0 aliphatic carbocycles. The summed E-state index contributed by atoms with van der Waals surface area (Å²) in [6, 6.07) is -1.49. The van der Waals surface area contributed by atoms with E-state index in [1.54, 1.807) is 18.2 Å². The molecular formula is C28H33F5N6O4. The van der Waals surface area contributed by atoms with E-state index in [4.69, 9.17) is 10.5 Å². The summed E-state index contributed by atoms with van der Waals surface area (Å²) in [5, 5.41) is 10.0. The Kier molecular flexibility index (Phi) is 8.97. The molecule has 43 heavy (non-hydrogen) atoms. The average Bonchev–Trinajstić information content (AvgIpc) is 3.24. The van der Waals surface area contributed by atoms with Crippen molar-refractivity contribution in [3.63, 3.8) is 0 Å². The van der Waals surface area contributed by atoms with Crippen LogP contribution in [0.3, 0.4) is 0 Å².